The summed E-state index contributed by atoms with van der Waals surface area (Å²) in [4.78, 5) is 11.5. The van der Waals surface area contributed by atoms with Crippen molar-refractivity contribution in [3.8, 4) is 0 Å². The van der Waals surface area contributed by atoms with Gasteiger partial charge >= 0.3 is 6.03 Å². The summed E-state index contributed by atoms with van der Waals surface area (Å²) < 4.78 is 1.35. The molecule has 1 saturated carbocycles. The lowest BCUT2D eigenvalue weighted by atomic mass is 10.0. The maximum absolute atomic E-state index is 11.5. The van der Waals surface area contributed by atoms with Crippen LogP contribution in [-0.2, 0) is 6.42 Å². The maximum atomic E-state index is 11.5. The molecule has 3 nitrogen and oxygen atoms in total. The van der Waals surface area contributed by atoms with Crippen LogP contribution in [0.3, 0.4) is 0 Å². The standard InChI is InChI=1S/C17H22N2OS/c1-2-8-18-17(20)19-9-7-14-11-21-16-6-5-13(10-15(14)16)12-3-4-12/h5-6,10-12H,2-4,7-9H2,1H3,(H2,18,19,20). The van der Waals surface area contributed by atoms with Gasteiger partial charge in [0.15, 0.2) is 0 Å². The van der Waals surface area contributed by atoms with E-state index < -0.39 is 0 Å². The third-order valence-corrected chi connectivity index (χ3v) is 4.95. The van der Waals surface area contributed by atoms with Gasteiger partial charge in [-0.25, -0.2) is 4.79 Å². The van der Waals surface area contributed by atoms with Crippen LogP contribution in [0.1, 0.15) is 43.2 Å². The quantitative estimate of drug-likeness (QED) is 0.831. The lowest BCUT2D eigenvalue weighted by Gasteiger charge is -2.06. The largest absolute Gasteiger partial charge is 0.338 e. The van der Waals surface area contributed by atoms with Crippen LogP contribution in [0.5, 0.6) is 0 Å². The van der Waals surface area contributed by atoms with Crippen molar-refractivity contribution in [2.24, 2.45) is 0 Å². The first-order chi connectivity index (χ1) is 10.3. The van der Waals surface area contributed by atoms with Gasteiger partial charge in [0, 0.05) is 17.8 Å². The van der Waals surface area contributed by atoms with Crippen molar-refractivity contribution < 1.29 is 4.79 Å². The van der Waals surface area contributed by atoms with E-state index in [9.17, 15) is 4.79 Å². The van der Waals surface area contributed by atoms with Crippen molar-refractivity contribution >= 4 is 27.5 Å². The van der Waals surface area contributed by atoms with Crippen LogP contribution < -0.4 is 10.6 Å². The molecule has 0 saturated heterocycles. The van der Waals surface area contributed by atoms with E-state index in [-0.39, 0.29) is 6.03 Å². The third-order valence-electron chi connectivity index (χ3n) is 3.94. The average molecular weight is 302 g/mol. The highest BCUT2D eigenvalue weighted by atomic mass is 32.1. The number of carbonyl (C=O) groups is 1. The Labute approximate surface area is 129 Å². The number of hydrogen-bond acceptors (Lipinski definition) is 2. The van der Waals surface area contributed by atoms with Crippen LogP contribution in [0.2, 0.25) is 0 Å². The van der Waals surface area contributed by atoms with E-state index in [0.29, 0.717) is 6.54 Å². The summed E-state index contributed by atoms with van der Waals surface area (Å²) in [5.74, 6) is 0.792. The predicted octanol–water partition coefficient (Wildman–Crippen LogP) is 4.03. The fraction of sp³-hybridized carbons (Fsp3) is 0.471. The molecule has 0 aliphatic heterocycles. The minimum Gasteiger partial charge on any atom is -0.338 e. The topological polar surface area (TPSA) is 41.1 Å². The van der Waals surface area contributed by atoms with Crippen molar-refractivity contribution in [1.82, 2.24) is 10.6 Å². The Kier molecular flexibility index (Phi) is 4.44. The lowest BCUT2D eigenvalue weighted by Crippen LogP contribution is -2.36. The van der Waals surface area contributed by atoms with Crippen molar-refractivity contribution in [2.45, 2.75) is 38.5 Å². The van der Waals surface area contributed by atoms with Crippen LogP contribution >= 0.6 is 11.3 Å². The number of benzene rings is 1. The Bertz CT molecular complexity index is 631. The maximum Gasteiger partial charge on any atom is 0.314 e. The Morgan fingerprint density at radius 3 is 2.86 bits per heavy atom. The molecular weight excluding hydrogens is 280 g/mol. The SMILES string of the molecule is CCCNC(=O)NCCc1csc2ccc(C3CC3)cc12. The smallest absolute Gasteiger partial charge is 0.314 e. The fourth-order valence-electron chi connectivity index (χ4n) is 2.58. The average Bonchev–Trinajstić information content (AvgIpc) is 3.27. The van der Waals surface area contributed by atoms with Crippen LogP contribution in [0.25, 0.3) is 10.1 Å². The third kappa shape index (κ3) is 3.56. The first-order valence-electron chi connectivity index (χ1n) is 7.79. The number of rotatable bonds is 6. The second kappa shape index (κ2) is 6.48. The fourth-order valence-corrected chi connectivity index (χ4v) is 3.55. The Balaban J connectivity index is 1.61. The van der Waals surface area contributed by atoms with E-state index in [1.54, 1.807) is 11.3 Å². The molecule has 1 aliphatic carbocycles. The van der Waals surface area contributed by atoms with Crippen molar-refractivity contribution in [2.75, 3.05) is 13.1 Å². The van der Waals surface area contributed by atoms with Gasteiger partial charge < -0.3 is 10.6 Å². The molecule has 1 aromatic carbocycles. The van der Waals surface area contributed by atoms with Crippen LogP contribution in [-0.4, -0.2) is 19.1 Å². The predicted molar refractivity (Wildman–Crippen MR) is 89.2 cm³/mol. The van der Waals surface area contributed by atoms with Gasteiger partial charge in [-0.2, -0.15) is 0 Å². The molecule has 112 valence electrons. The molecule has 1 aliphatic rings. The molecule has 1 fully saturated rings. The van der Waals surface area contributed by atoms with E-state index >= 15 is 0 Å². The number of carbonyl (C=O) groups excluding carboxylic acids is 1. The van der Waals surface area contributed by atoms with Crippen LogP contribution in [0.4, 0.5) is 4.79 Å². The summed E-state index contributed by atoms with van der Waals surface area (Å²) in [5.41, 5.74) is 2.84. The van der Waals surface area contributed by atoms with Gasteiger partial charge in [0.05, 0.1) is 0 Å². The minimum absolute atomic E-state index is 0.0601. The van der Waals surface area contributed by atoms with E-state index in [0.717, 1.165) is 25.3 Å². The number of urea groups is 1. The summed E-state index contributed by atoms with van der Waals surface area (Å²) in [5, 5.41) is 9.36. The van der Waals surface area contributed by atoms with Gasteiger partial charge in [0.2, 0.25) is 0 Å². The molecule has 21 heavy (non-hydrogen) atoms. The van der Waals surface area contributed by atoms with E-state index in [4.69, 9.17) is 0 Å². The molecule has 0 radical (unpaired) electrons. The van der Waals surface area contributed by atoms with Crippen molar-refractivity contribution in [3.05, 3.63) is 34.7 Å². The first-order valence-corrected chi connectivity index (χ1v) is 8.67. The second-order valence-electron chi connectivity index (χ2n) is 5.72. The van der Waals surface area contributed by atoms with Crippen LogP contribution in [0, 0.1) is 0 Å². The molecule has 0 spiro atoms. The van der Waals surface area contributed by atoms with Gasteiger partial charge in [-0.3, -0.25) is 0 Å². The van der Waals surface area contributed by atoms with Crippen molar-refractivity contribution in [3.63, 3.8) is 0 Å². The molecular formula is C17H22N2OS. The number of hydrogen-bond donors (Lipinski definition) is 2. The van der Waals surface area contributed by atoms with Gasteiger partial charge in [-0.05, 0) is 65.6 Å². The van der Waals surface area contributed by atoms with E-state index in [1.807, 2.05) is 0 Å². The molecule has 3 rings (SSSR count). The number of fused-ring (bicyclic) bond motifs is 1. The highest BCUT2D eigenvalue weighted by Gasteiger charge is 2.23. The zero-order valence-corrected chi connectivity index (χ0v) is 13.3. The molecule has 0 atom stereocenters. The molecule has 2 aromatic rings. The van der Waals surface area contributed by atoms with E-state index in [1.165, 1.54) is 34.1 Å². The zero-order valence-electron chi connectivity index (χ0n) is 12.4. The van der Waals surface area contributed by atoms with E-state index in [2.05, 4.69) is 41.1 Å². The molecule has 1 heterocycles. The molecule has 4 heteroatoms. The number of thiophene rings is 1. The molecule has 2 N–H and O–H groups in total. The summed E-state index contributed by atoms with van der Waals surface area (Å²) >= 11 is 1.80. The highest BCUT2D eigenvalue weighted by Crippen LogP contribution is 2.41. The van der Waals surface area contributed by atoms with Gasteiger partial charge in [-0.1, -0.05) is 13.0 Å². The van der Waals surface area contributed by atoms with Gasteiger partial charge in [-0.15, -0.1) is 11.3 Å². The summed E-state index contributed by atoms with van der Waals surface area (Å²) in [6, 6.07) is 6.82. The normalized spacial score (nSPS) is 14.3. The zero-order chi connectivity index (χ0) is 14.7. The minimum atomic E-state index is -0.0601. The molecule has 1 aromatic heterocycles. The highest BCUT2D eigenvalue weighted by molar-refractivity contribution is 7.17. The Morgan fingerprint density at radius 2 is 2.10 bits per heavy atom. The number of amides is 2. The second-order valence-corrected chi connectivity index (χ2v) is 6.63. The molecule has 0 unspecified atom stereocenters. The molecule has 2 amide bonds. The van der Waals surface area contributed by atoms with Gasteiger partial charge in [0.25, 0.3) is 0 Å². The lowest BCUT2D eigenvalue weighted by molar-refractivity contribution is 0.241. The summed E-state index contributed by atoms with van der Waals surface area (Å²) in [7, 11) is 0. The summed E-state index contributed by atoms with van der Waals surface area (Å²) in [6.45, 7) is 3.47. The monoisotopic (exact) mass is 302 g/mol. The molecule has 0 bridgehead atoms. The summed E-state index contributed by atoms with van der Waals surface area (Å²) in [6.07, 6.45) is 4.54. The Hall–Kier alpha value is -1.55. The van der Waals surface area contributed by atoms with Crippen molar-refractivity contribution in [1.29, 1.82) is 0 Å². The van der Waals surface area contributed by atoms with Crippen LogP contribution in [0.15, 0.2) is 23.6 Å². The first kappa shape index (κ1) is 14.4. The van der Waals surface area contributed by atoms with Gasteiger partial charge in [0.1, 0.15) is 0 Å². The Morgan fingerprint density at radius 1 is 1.29 bits per heavy atom. The number of nitrogens with one attached hydrogen (secondary N) is 2.